The lowest BCUT2D eigenvalue weighted by Gasteiger charge is -2.35. The molecule has 0 aliphatic carbocycles. The first-order valence-electron chi connectivity index (χ1n) is 12.9. The number of para-hydroxylation sites is 1. The number of carbonyl (C=O) groups is 1. The Balaban J connectivity index is 1.44. The molecule has 11 heteroatoms. The molecule has 1 N–H and O–H groups in total. The molecule has 1 saturated heterocycles. The molecular formula is C28H29F3N6O2. The van der Waals surface area contributed by atoms with Crippen molar-refractivity contribution in [3.63, 3.8) is 0 Å². The summed E-state index contributed by atoms with van der Waals surface area (Å²) in [6.07, 6.45) is -3.07. The van der Waals surface area contributed by atoms with E-state index in [1.54, 1.807) is 11.0 Å². The summed E-state index contributed by atoms with van der Waals surface area (Å²) >= 11 is 0. The molecule has 5 rings (SSSR count). The van der Waals surface area contributed by atoms with Gasteiger partial charge in [-0.05, 0) is 43.5 Å². The van der Waals surface area contributed by atoms with Crippen molar-refractivity contribution in [2.24, 2.45) is 0 Å². The molecule has 0 unspecified atom stereocenters. The van der Waals surface area contributed by atoms with Crippen molar-refractivity contribution < 1.29 is 22.5 Å². The number of anilines is 2. The third-order valence-corrected chi connectivity index (χ3v) is 6.88. The number of carbonyl (C=O) groups excluding carboxylic acids is 1. The topological polar surface area (TPSA) is 87.4 Å². The summed E-state index contributed by atoms with van der Waals surface area (Å²) in [5.41, 5.74) is 2.76. The van der Waals surface area contributed by atoms with Crippen molar-refractivity contribution in [3.8, 4) is 11.3 Å². The number of nitrogens with zero attached hydrogens (tertiary/aromatic N) is 5. The van der Waals surface area contributed by atoms with Crippen LogP contribution in [0.5, 0.6) is 0 Å². The fourth-order valence-electron chi connectivity index (χ4n) is 4.80. The van der Waals surface area contributed by atoms with Crippen molar-refractivity contribution in [1.82, 2.24) is 20.0 Å². The van der Waals surface area contributed by atoms with Crippen LogP contribution >= 0.6 is 0 Å². The van der Waals surface area contributed by atoms with Gasteiger partial charge >= 0.3 is 12.2 Å². The quantitative estimate of drug-likeness (QED) is 0.324. The Morgan fingerprint density at radius 2 is 1.72 bits per heavy atom. The Hall–Kier alpha value is -4.15. The van der Waals surface area contributed by atoms with Crippen molar-refractivity contribution >= 4 is 28.6 Å². The predicted octanol–water partition coefficient (Wildman–Crippen LogP) is 6.23. The largest absolute Gasteiger partial charge is 0.416 e. The van der Waals surface area contributed by atoms with Gasteiger partial charge in [-0.2, -0.15) is 18.2 Å². The molecule has 0 radical (unpaired) electrons. The first kappa shape index (κ1) is 26.5. The minimum atomic E-state index is -4.49. The molecule has 1 aliphatic rings. The summed E-state index contributed by atoms with van der Waals surface area (Å²) in [5, 5.41) is 7.59. The highest BCUT2D eigenvalue weighted by Crippen LogP contribution is 2.37. The summed E-state index contributed by atoms with van der Waals surface area (Å²) in [4.78, 5) is 26.0. The molecule has 0 saturated carbocycles. The lowest BCUT2D eigenvalue weighted by atomic mass is 10.1. The minimum Gasteiger partial charge on any atom is -0.352 e. The fourth-order valence-corrected chi connectivity index (χ4v) is 4.80. The number of amides is 2. The van der Waals surface area contributed by atoms with Crippen LogP contribution in [0.2, 0.25) is 0 Å². The van der Waals surface area contributed by atoms with E-state index in [1.807, 2.05) is 43.9 Å². The molecular weight excluding hydrogens is 509 g/mol. The van der Waals surface area contributed by atoms with E-state index in [2.05, 4.69) is 15.5 Å². The van der Waals surface area contributed by atoms with Gasteiger partial charge in [-0.3, -0.25) is 0 Å². The van der Waals surface area contributed by atoms with Crippen molar-refractivity contribution in [1.29, 1.82) is 0 Å². The highest BCUT2D eigenvalue weighted by molar-refractivity contribution is 5.98. The number of halogens is 3. The van der Waals surface area contributed by atoms with Gasteiger partial charge in [0.25, 0.3) is 5.71 Å². The van der Waals surface area contributed by atoms with E-state index in [4.69, 9.17) is 9.51 Å². The van der Waals surface area contributed by atoms with Gasteiger partial charge < -0.3 is 19.6 Å². The number of hydrogen-bond donors (Lipinski definition) is 1. The van der Waals surface area contributed by atoms with Gasteiger partial charge in [-0.25, -0.2) is 9.78 Å². The molecule has 1 fully saturated rings. The predicted molar refractivity (Wildman–Crippen MR) is 143 cm³/mol. The van der Waals surface area contributed by atoms with Crippen LogP contribution in [-0.2, 0) is 12.6 Å². The van der Waals surface area contributed by atoms with Gasteiger partial charge in [-0.15, -0.1) is 0 Å². The first-order chi connectivity index (χ1) is 18.7. The van der Waals surface area contributed by atoms with E-state index in [-0.39, 0.29) is 23.0 Å². The first-order valence-corrected chi connectivity index (χ1v) is 12.9. The Bertz CT molecular complexity index is 1490. The lowest BCUT2D eigenvalue weighted by molar-refractivity contribution is -0.137. The smallest absolute Gasteiger partial charge is 0.352 e. The molecule has 4 aromatic rings. The minimum absolute atomic E-state index is 0.179. The van der Waals surface area contributed by atoms with E-state index in [0.717, 1.165) is 35.4 Å². The summed E-state index contributed by atoms with van der Waals surface area (Å²) in [6.45, 7) is 7.75. The number of aryl methyl sites for hydroxylation is 3. The number of aromatic nitrogens is 3. The highest BCUT2D eigenvalue weighted by Gasteiger charge is 2.32. The van der Waals surface area contributed by atoms with Gasteiger partial charge in [0.05, 0.1) is 5.56 Å². The van der Waals surface area contributed by atoms with E-state index in [1.165, 1.54) is 6.07 Å². The molecule has 1 aliphatic heterocycles. The monoisotopic (exact) mass is 538 g/mol. The van der Waals surface area contributed by atoms with Gasteiger partial charge in [0.1, 0.15) is 22.7 Å². The van der Waals surface area contributed by atoms with Gasteiger partial charge in [0.2, 0.25) is 0 Å². The zero-order chi connectivity index (χ0) is 27.7. The van der Waals surface area contributed by atoms with Gasteiger partial charge in [0.15, 0.2) is 0 Å². The highest BCUT2D eigenvalue weighted by atomic mass is 19.4. The van der Waals surface area contributed by atoms with Crippen LogP contribution < -0.4 is 10.2 Å². The Morgan fingerprint density at radius 3 is 2.38 bits per heavy atom. The zero-order valence-corrected chi connectivity index (χ0v) is 22.0. The van der Waals surface area contributed by atoms with Crippen LogP contribution in [0.3, 0.4) is 0 Å². The molecule has 2 amide bonds. The molecule has 0 bridgehead atoms. The maximum Gasteiger partial charge on any atom is 0.416 e. The summed E-state index contributed by atoms with van der Waals surface area (Å²) in [5.74, 6) is 1.12. The number of rotatable bonds is 5. The molecule has 204 valence electrons. The van der Waals surface area contributed by atoms with Crippen molar-refractivity contribution in [2.45, 2.75) is 39.8 Å². The number of piperazine rings is 1. The molecule has 39 heavy (non-hydrogen) atoms. The van der Waals surface area contributed by atoms with Crippen LogP contribution in [0.25, 0.3) is 22.4 Å². The molecule has 8 nitrogen and oxygen atoms in total. The number of urea groups is 1. The maximum absolute atomic E-state index is 13.4. The second-order valence-electron chi connectivity index (χ2n) is 9.67. The van der Waals surface area contributed by atoms with Crippen LogP contribution in [0.4, 0.5) is 29.5 Å². The average molecular weight is 539 g/mol. The third-order valence-electron chi connectivity index (χ3n) is 6.88. The van der Waals surface area contributed by atoms with Gasteiger partial charge in [0, 0.05) is 43.9 Å². The standard InChI is InChI=1S/C28H29F3N6O2/c1-4-7-21-32-25(22-24(35-39-26(22)33-21)19-10-6-11-20(16-19)28(29,30)31)36-12-14-37(15-13-36)27(38)34-23-17(2)8-5-9-18(23)3/h5-6,8-11,16H,4,7,12-15H2,1-3H3,(H,34,38). The SMILES string of the molecule is CCCc1nc(N2CCN(C(=O)Nc3c(C)cccc3C)CC2)c2c(-c3cccc(C(F)(F)F)c3)noc2n1. The van der Waals surface area contributed by atoms with Crippen LogP contribution in [-0.4, -0.2) is 52.2 Å². The normalized spacial score (nSPS) is 14.2. The molecule has 3 heterocycles. The number of nitrogens with one attached hydrogen (secondary N) is 1. The van der Waals surface area contributed by atoms with Crippen molar-refractivity contribution in [3.05, 3.63) is 65.0 Å². The second-order valence-corrected chi connectivity index (χ2v) is 9.67. The Morgan fingerprint density at radius 1 is 1.03 bits per heavy atom. The van der Waals surface area contributed by atoms with Crippen LogP contribution in [0.1, 0.15) is 35.9 Å². The van der Waals surface area contributed by atoms with Crippen LogP contribution in [0, 0.1) is 13.8 Å². The summed E-state index contributed by atoms with van der Waals surface area (Å²) in [6, 6.07) is 10.7. The molecule has 0 atom stereocenters. The van der Waals surface area contributed by atoms with Gasteiger partial charge in [-0.1, -0.05) is 42.4 Å². The van der Waals surface area contributed by atoms with E-state index >= 15 is 0 Å². The molecule has 2 aromatic carbocycles. The molecule has 2 aromatic heterocycles. The fraction of sp³-hybridized carbons (Fsp3) is 0.357. The van der Waals surface area contributed by atoms with E-state index < -0.39 is 11.7 Å². The average Bonchev–Trinajstić information content (AvgIpc) is 3.34. The van der Waals surface area contributed by atoms with Crippen molar-refractivity contribution in [2.75, 3.05) is 36.4 Å². The molecule has 0 spiro atoms. The van der Waals surface area contributed by atoms with E-state index in [9.17, 15) is 18.0 Å². The number of fused-ring (bicyclic) bond motifs is 1. The van der Waals surface area contributed by atoms with Crippen LogP contribution in [0.15, 0.2) is 47.0 Å². The number of hydrogen-bond acceptors (Lipinski definition) is 6. The Labute approximate surface area is 223 Å². The summed E-state index contributed by atoms with van der Waals surface area (Å²) in [7, 11) is 0. The van der Waals surface area contributed by atoms with E-state index in [0.29, 0.717) is 49.6 Å². The number of alkyl halides is 3. The second kappa shape index (κ2) is 10.5. The summed E-state index contributed by atoms with van der Waals surface area (Å²) < 4.78 is 45.7. The third kappa shape index (κ3) is 5.39. The lowest BCUT2D eigenvalue weighted by Crippen LogP contribution is -2.50. The Kier molecular flexibility index (Phi) is 7.16. The zero-order valence-electron chi connectivity index (χ0n) is 22.0. The number of benzene rings is 2. The maximum atomic E-state index is 13.4.